The van der Waals surface area contributed by atoms with Crippen LogP contribution in [0.2, 0.25) is 0 Å². The fraction of sp³-hybridized carbons (Fsp3) is 0.480. The molecule has 6 nitrogen and oxygen atoms in total. The number of anilines is 2. The summed E-state index contributed by atoms with van der Waals surface area (Å²) in [5.41, 5.74) is 1.69. The number of aliphatic hydroxyl groups is 1. The van der Waals surface area contributed by atoms with E-state index < -0.39 is 11.6 Å². The van der Waals surface area contributed by atoms with Crippen LogP contribution in [-0.4, -0.2) is 22.6 Å². The van der Waals surface area contributed by atoms with Crippen molar-refractivity contribution in [2.75, 3.05) is 10.6 Å². The van der Waals surface area contributed by atoms with Gasteiger partial charge in [0.25, 0.3) is 0 Å². The van der Waals surface area contributed by atoms with E-state index >= 15 is 0 Å². The van der Waals surface area contributed by atoms with Gasteiger partial charge in [0.2, 0.25) is 17.5 Å². The second-order valence-electron chi connectivity index (χ2n) is 8.04. The first-order valence-electron chi connectivity index (χ1n) is 11.3. The highest BCUT2D eigenvalue weighted by molar-refractivity contribution is 6.48. The van der Waals surface area contributed by atoms with E-state index in [0.29, 0.717) is 17.8 Å². The minimum atomic E-state index is -0.624. The van der Waals surface area contributed by atoms with E-state index in [-0.39, 0.29) is 22.9 Å². The highest BCUT2D eigenvalue weighted by Gasteiger charge is 2.28. The van der Waals surface area contributed by atoms with Crippen molar-refractivity contribution in [2.24, 2.45) is 0 Å². The smallest absolute Gasteiger partial charge is 0.232 e. The topological polar surface area (TPSA) is 95.5 Å². The molecule has 3 N–H and O–H groups in total. The minimum Gasteiger partial charge on any atom is -0.505 e. The van der Waals surface area contributed by atoms with Crippen LogP contribution in [0.4, 0.5) is 11.4 Å². The second kappa shape index (κ2) is 12.7. The van der Waals surface area contributed by atoms with Gasteiger partial charge < -0.3 is 15.7 Å². The van der Waals surface area contributed by atoms with E-state index in [1.165, 1.54) is 45.4 Å². The Labute approximate surface area is 184 Å². The van der Waals surface area contributed by atoms with E-state index in [0.717, 1.165) is 25.3 Å². The highest BCUT2D eigenvalue weighted by Crippen LogP contribution is 2.26. The van der Waals surface area contributed by atoms with Crippen molar-refractivity contribution < 1.29 is 19.5 Å². The van der Waals surface area contributed by atoms with Gasteiger partial charge in [0.15, 0.2) is 0 Å². The van der Waals surface area contributed by atoms with Crippen LogP contribution in [0.25, 0.3) is 0 Å². The summed E-state index contributed by atoms with van der Waals surface area (Å²) in [4.78, 5) is 35.5. The quantitative estimate of drug-likeness (QED) is 0.210. The van der Waals surface area contributed by atoms with Gasteiger partial charge in [-0.2, -0.15) is 0 Å². The summed E-state index contributed by atoms with van der Waals surface area (Å²) in [6, 6.07) is 6.87. The number of unbranched alkanes of at least 4 members (excludes halogenated alkanes) is 8. The molecule has 31 heavy (non-hydrogen) atoms. The maximum absolute atomic E-state index is 12.3. The molecular weight excluding hydrogens is 392 g/mol. The summed E-state index contributed by atoms with van der Waals surface area (Å²) in [7, 11) is 0. The number of nitrogens with one attached hydrogen (secondary N) is 2. The summed E-state index contributed by atoms with van der Waals surface area (Å²) < 4.78 is 0. The molecule has 1 aliphatic rings. The molecule has 0 radical (unpaired) electrons. The number of hydrogen-bond donors (Lipinski definition) is 3. The van der Waals surface area contributed by atoms with Crippen LogP contribution in [-0.2, 0) is 14.4 Å². The average Bonchev–Trinajstić information content (AvgIpc) is 2.74. The molecule has 0 saturated heterocycles. The number of amides is 1. The third kappa shape index (κ3) is 8.04. The number of aliphatic hydroxyl groups excluding tert-OH is 1. The Bertz CT molecular complexity index is 838. The van der Waals surface area contributed by atoms with Gasteiger partial charge in [-0.3, -0.25) is 14.4 Å². The van der Waals surface area contributed by atoms with Crippen molar-refractivity contribution in [1.82, 2.24) is 0 Å². The minimum absolute atomic E-state index is 0.157. The molecule has 1 amide bonds. The lowest BCUT2D eigenvalue weighted by Crippen LogP contribution is -2.24. The molecule has 0 aliphatic heterocycles. The standard InChI is InChI=1S/C25H34N2O4/c1-3-4-5-6-7-8-9-10-11-12-21-24(30)22(17-23(29)25(21)31)27-20-15-13-19(14-16-20)26-18(2)28/h13-17,27,30H,3-12H2,1-2H3,(H,26,28). The van der Waals surface area contributed by atoms with Gasteiger partial charge in [0.1, 0.15) is 5.76 Å². The van der Waals surface area contributed by atoms with Crippen molar-refractivity contribution >= 4 is 28.8 Å². The summed E-state index contributed by atoms with van der Waals surface area (Å²) in [5.74, 6) is -1.57. The molecule has 0 aromatic heterocycles. The van der Waals surface area contributed by atoms with Gasteiger partial charge in [-0.05, 0) is 37.1 Å². The number of hydrogen-bond acceptors (Lipinski definition) is 5. The lowest BCUT2D eigenvalue weighted by molar-refractivity contribution is -0.132. The Kier molecular flexibility index (Phi) is 10.0. The van der Waals surface area contributed by atoms with Gasteiger partial charge in [-0.25, -0.2) is 0 Å². The van der Waals surface area contributed by atoms with Crippen LogP contribution in [0.3, 0.4) is 0 Å². The molecule has 0 bridgehead atoms. The molecule has 1 aliphatic carbocycles. The largest absolute Gasteiger partial charge is 0.505 e. The van der Waals surface area contributed by atoms with E-state index in [2.05, 4.69) is 17.6 Å². The Morgan fingerprint density at radius 3 is 2.00 bits per heavy atom. The Balaban J connectivity index is 1.89. The summed E-state index contributed by atoms with van der Waals surface area (Å²) in [5, 5.41) is 16.3. The van der Waals surface area contributed by atoms with Crippen molar-refractivity contribution in [3.05, 3.63) is 47.4 Å². The first-order chi connectivity index (χ1) is 14.9. The van der Waals surface area contributed by atoms with Gasteiger partial charge in [0.05, 0.1) is 5.70 Å². The molecule has 0 unspecified atom stereocenters. The summed E-state index contributed by atoms with van der Waals surface area (Å²) in [6.45, 7) is 3.64. The lowest BCUT2D eigenvalue weighted by atomic mass is 9.93. The molecule has 0 atom stereocenters. The maximum Gasteiger partial charge on any atom is 0.232 e. The second-order valence-corrected chi connectivity index (χ2v) is 8.04. The number of ketones is 2. The fourth-order valence-corrected chi connectivity index (χ4v) is 3.62. The number of carbonyl (C=O) groups is 3. The maximum atomic E-state index is 12.3. The van der Waals surface area contributed by atoms with Crippen molar-refractivity contribution in [3.63, 3.8) is 0 Å². The molecule has 0 heterocycles. The van der Waals surface area contributed by atoms with Gasteiger partial charge in [-0.1, -0.05) is 58.3 Å². The molecule has 0 saturated carbocycles. The zero-order valence-corrected chi connectivity index (χ0v) is 18.6. The lowest BCUT2D eigenvalue weighted by Gasteiger charge is -2.18. The molecule has 0 fully saturated rings. The number of Topliss-reactive ketones (excluding diaryl/α,β-unsaturated/α-hetero) is 1. The molecule has 2 rings (SSSR count). The van der Waals surface area contributed by atoms with Gasteiger partial charge >= 0.3 is 0 Å². The third-order valence-electron chi connectivity index (χ3n) is 5.33. The van der Waals surface area contributed by atoms with Crippen molar-refractivity contribution in [1.29, 1.82) is 0 Å². The van der Waals surface area contributed by atoms with E-state index in [1.54, 1.807) is 24.3 Å². The first-order valence-corrected chi connectivity index (χ1v) is 11.3. The van der Waals surface area contributed by atoms with Gasteiger partial charge in [-0.15, -0.1) is 0 Å². The number of allylic oxidation sites excluding steroid dienone is 2. The average molecular weight is 427 g/mol. The number of carbonyl (C=O) groups excluding carboxylic acids is 3. The zero-order chi connectivity index (χ0) is 22.6. The Morgan fingerprint density at radius 2 is 1.42 bits per heavy atom. The molecule has 0 spiro atoms. The predicted octanol–water partition coefficient (Wildman–Crippen LogP) is 5.83. The van der Waals surface area contributed by atoms with E-state index in [4.69, 9.17) is 0 Å². The predicted molar refractivity (Wildman–Crippen MR) is 124 cm³/mol. The van der Waals surface area contributed by atoms with E-state index in [1.807, 2.05) is 0 Å². The number of rotatable bonds is 13. The zero-order valence-electron chi connectivity index (χ0n) is 18.6. The first kappa shape index (κ1) is 24.4. The van der Waals surface area contributed by atoms with Crippen molar-refractivity contribution in [2.45, 2.75) is 78.1 Å². The Morgan fingerprint density at radius 1 is 0.871 bits per heavy atom. The van der Waals surface area contributed by atoms with E-state index in [9.17, 15) is 19.5 Å². The number of benzene rings is 1. The van der Waals surface area contributed by atoms with Crippen LogP contribution >= 0.6 is 0 Å². The van der Waals surface area contributed by atoms with Gasteiger partial charge in [0, 0.05) is 29.9 Å². The van der Waals surface area contributed by atoms with Crippen LogP contribution in [0.5, 0.6) is 0 Å². The SMILES string of the molecule is CCCCCCCCCCCC1=C(O)C(Nc2ccc(NC(C)=O)cc2)=CC(=O)C1=O. The molecule has 1 aromatic rings. The summed E-state index contributed by atoms with van der Waals surface area (Å²) in [6.07, 6.45) is 11.9. The van der Waals surface area contributed by atoms with Crippen LogP contribution in [0.1, 0.15) is 78.1 Å². The van der Waals surface area contributed by atoms with Crippen molar-refractivity contribution in [3.8, 4) is 0 Å². The van der Waals surface area contributed by atoms with Crippen LogP contribution < -0.4 is 10.6 Å². The fourth-order valence-electron chi connectivity index (χ4n) is 3.62. The molecule has 1 aromatic carbocycles. The molecule has 6 heteroatoms. The third-order valence-corrected chi connectivity index (χ3v) is 5.33. The Hall–Kier alpha value is -2.89. The molecule has 168 valence electrons. The highest BCUT2D eigenvalue weighted by atomic mass is 16.3. The normalized spacial score (nSPS) is 13.9. The summed E-state index contributed by atoms with van der Waals surface area (Å²) >= 11 is 0. The van der Waals surface area contributed by atoms with Crippen LogP contribution in [0, 0.1) is 0 Å². The molecular formula is C25H34N2O4. The monoisotopic (exact) mass is 426 g/mol. The van der Waals surface area contributed by atoms with Crippen LogP contribution in [0.15, 0.2) is 47.4 Å².